The summed E-state index contributed by atoms with van der Waals surface area (Å²) >= 11 is 0. The molecular formula is C19H21F3N2O2. The summed E-state index contributed by atoms with van der Waals surface area (Å²) in [5.41, 5.74) is 1.74. The van der Waals surface area contributed by atoms with Gasteiger partial charge in [0, 0.05) is 0 Å². The zero-order valence-electron chi connectivity index (χ0n) is 14.5. The van der Waals surface area contributed by atoms with Crippen LogP contribution in [-0.2, 0) is 0 Å². The van der Waals surface area contributed by atoms with Crippen LogP contribution in [0.3, 0.4) is 0 Å². The van der Waals surface area contributed by atoms with Crippen molar-refractivity contribution in [3.63, 3.8) is 0 Å². The summed E-state index contributed by atoms with van der Waals surface area (Å²) in [4.78, 5) is 12.1. The molecule has 0 saturated heterocycles. The molecule has 2 aromatic rings. The van der Waals surface area contributed by atoms with E-state index >= 15 is 0 Å². The number of alkyl halides is 3. The number of carbonyl (C=O) groups excluding carboxylic acids is 1. The van der Waals surface area contributed by atoms with Crippen LogP contribution in [0.5, 0.6) is 5.75 Å². The minimum Gasteiger partial charge on any atom is -0.484 e. The van der Waals surface area contributed by atoms with Crippen LogP contribution in [-0.4, -0.2) is 18.8 Å². The molecule has 2 unspecified atom stereocenters. The van der Waals surface area contributed by atoms with Gasteiger partial charge >= 0.3 is 12.2 Å². The Labute approximate surface area is 150 Å². The third-order valence-electron chi connectivity index (χ3n) is 3.78. The quantitative estimate of drug-likeness (QED) is 0.775. The van der Waals surface area contributed by atoms with Gasteiger partial charge in [0.15, 0.2) is 6.61 Å². The molecule has 2 rings (SSSR count). The van der Waals surface area contributed by atoms with E-state index in [9.17, 15) is 18.0 Å². The Morgan fingerprint density at radius 1 is 0.923 bits per heavy atom. The Balaban J connectivity index is 1.86. The highest BCUT2D eigenvalue weighted by Gasteiger charge is 2.28. The van der Waals surface area contributed by atoms with E-state index < -0.39 is 12.8 Å². The lowest BCUT2D eigenvalue weighted by atomic mass is 10.1. The molecule has 0 aromatic heterocycles. The minimum absolute atomic E-state index is 0.125. The first-order chi connectivity index (χ1) is 12.2. The van der Waals surface area contributed by atoms with Crippen molar-refractivity contribution in [2.24, 2.45) is 0 Å². The maximum absolute atomic E-state index is 12.1. The lowest BCUT2D eigenvalue weighted by Crippen LogP contribution is -2.38. The standard InChI is InChI=1S/C19H21F3N2O2/c1-13(15-6-4-3-5-7-15)23-18(25)24-14(2)16-8-10-17(11-9-16)26-12-19(20,21)22/h3-11,13-14H,12H2,1-2H3,(H2,23,24,25). The number of hydrogen-bond acceptors (Lipinski definition) is 2. The number of urea groups is 1. The monoisotopic (exact) mass is 366 g/mol. The molecule has 2 atom stereocenters. The third-order valence-corrected chi connectivity index (χ3v) is 3.78. The van der Waals surface area contributed by atoms with E-state index in [0.29, 0.717) is 0 Å². The first kappa shape index (κ1) is 19.6. The summed E-state index contributed by atoms with van der Waals surface area (Å²) in [5, 5.41) is 5.65. The molecule has 140 valence electrons. The molecule has 0 bridgehead atoms. The highest BCUT2D eigenvalue weighted by atomic mass is 19.4. The molecule has 0 aliphatic carbocycles. The maximum Gasteiger partial charge on any atom is 0.422 e. The molecule has 0 aliphatic rings. The van der Waals surface area contributed by atoms with Gasteiger partial charge in [-0.2, -0.15) is 13.2 Å². The molecule has 2 amide bonds. The number of carbonyl (C=O) groups is 1. The van der Waals surface area contributed by atoms with Crippen LogP contribution in [0.4, 0.5) is 18.0 Å². The fraction of sp³-hybridized carbons (Fsp3) is 0.316. The number of benzene rings is 2. The Hall–Kier alpha value is -2.70. The Morgan fingerprint density at radius 3 is 1.92 bits per heavy atom. The Kier molecular flexibility index (Phi) is 6.49. The van der Waals surface area contributed by atoms with Gasteiger partial charge < -0.3 is 15.4 Å². The predicted octanol–water partition coefficient (Wildman–Crippen LogP) is 4.75. The summed E-state index contributed by atoms with van der Waals surface area (Å²) in [7, 11) is 0. The first-order valence-corrected chi connectivity index (χ1v) is 8.16. The SMILES string of the molecule is CC(NC(=O)NC(C)c1ccc(OCC(F)(F)F)cc1)c1ccccc1. The number of rotatable bonds is 6. The molecule has 2 N–H and O–H groups in total. The van der Waals surface area contributed by atoms with Crippen LogP contribution in [0, 0.1) is 0 Å². The van der Waals surface area contributed by atoms with Crippen molar-refractivity contribution < 1.29 is 22.7 Å². The van der Waals surface area contributed by atoms with Gasteiger partial charge in [0.1, 0.15) is 5.75 Å². The normalized spacial score (nSPS) is 13.6. The molecule has 0 fully saturated rings. The van der Waals surface area contributed by atoms with Gasteiger partial charge in [-0.25, -0.2) is 4.79 Å². The van der Waals surface area contributed by atoms with E-state index in [2.05, 4.69) is 15.4 Å². The summed E-state index contributed by atoms with van der Waals surface area (Å²) in [6.07, 6.45) is -4.37. The van der Waals surface area contributed by atoms with Crippen molar-refractivity contribution in [1.29, 1.82) is 0 Å². The van der Waals surface area contributed by atoms with E-state index in [1.807, 2.05) is 37.3 Å². The van der Waals surface area contributed by atoms with Crippen LogP contribution < -0.4 is 15.4 Å². The van der Waals surface area contributed by atoms with Gasteiger partial charge in [-0.05, 0) is 37.1 Å². The van der Waals surface area contributed by atoms with Gasteiger partial charge in [0.05, 0.1) is 12.1 Å². The summed E-state index contributed by atoms with van der Waals surface area (Å²) in [6, 6.07) is 14.9. The van der Waals surface area contributed by atoms with Crippen molar-refractivity contribution in [2.45, 2.75) is 32.1 Å². The van der Waals surface area contributed by atoms with E-state index in [0.717, 1.165) is 11.1 Å². The molecule has 4 nitrogen and oxygen atoms in total. The minimum atomic E-state index is -4.37. The molecular weight excluding hydrogens is 345 g/mol. The van der Waals surface area contributed by atoms with Gasteiger partial charge in [0.2, 0.25) is 0 Å². The Morgan fingerprint density at radius 2 is 1.42 bits per heavy atom. The summed E-state index contributed by atoms with van der Waals surface area (Å²) in [6.45, 7) is 2.34. The average Bonchev–Trinajstić information content (AvgIpc) is 2.60. The number of ether oxygens (including phenoxy) is 1. The van der Waals surface area contributed by atoms with E-state index in [4.69, 9.17) is 0 Å². The average molecular weight is 366 g/mol. The zero-order chi connectivity index (χ0) is 19.2. The molecule has 7 heteroatoms. The van der Waals surface area contributed by atoms with Crippen molar-refractivity contribution in [3.8, 4) is 5.75 Å². The van der Waals surface area contributed by atoms with Crippen LogP contribution >= 0.6 is 0 Å². The number of hydrogen-bond donors (Lipinski definition) is 2. The van der Waals surface area contributed by atoms with Crippen molar-refractivity contribution in [1.82, 2.24) is 10.6 Å². The van der Waals surface area contributed by atoms with Gasteiger partial charge in [-0.3, -0.25) is 0 Å². The molecule has 0 aliphatic heterocycles. The fourth-order valence-electron chi connectivity index (χ4n) is 2.36. The smallest absolute Gasteiger partial charge is 0.422 e. The van der Waals surface area contributed by atoms with Crippen LogP contribution in [0.15, 0.2) is 54.6 Å². The largest absolute Gasteiger partial charge is 0.484 e. The first-order valence-electron chi connectivity index (χ1n) is 8.16. The van der Waals surface area contributed by atoms with E-state index in [-0.39, 0.29) is 23.9 Å². The zero-order valence-corrected chi connectivity index (χ0v) is 14.5. The number of halogens is 3. The number of nitrogens with one attached hydrogen (secondary N) is 2. The van der Waals surface area contributed by atoms with Crippen molar-refractivity contribution in [2.75, 3.05) is 6.61 Å². The lowest BCUT2D eigenvalue weighted by molar-refractivity contribution is -0.153. The third kappa shape index (κ3) is 6.31. The van der Waals surface area contributed by atoms with Crippen LogP contribution in [0.1, 0.15) is 37.1 Å². The van der Waals surface area contributed by atoms with Crippen LogP contribution in [0.25, 0.3) is 0 Å². The predicted molar refractivity (Wildman–Crippen MR) is 92.9 cm³/mol. The van der Waals surface area contributed by atoms with Crippen molar-refractivity contribution >= 4 is 6.03 Å². The fourth-order valence-corrected chi connectivity index (χ4v) is 2.36. The maximum atomic E-state index is 12.1. The number of amides is 2. The molecule has 26 heavy (non-hydrogen) atoms. The van der Waals surface area contributed by atoms with Crippen LogP contribution in [0.2, 0.25) is 0 Å². The molecule has 0 radical (unpaired) electrons. The second-order valence-electron chi connectivity index (χ2n) is 5.94. The lowest BCUT2D eigenvalue weighted by Gasteiger charge is -2.19. The highest BCUT2D eigenvalue weighted by Crippen LogP contribution is 2.21. The topological polar surface area (TPSA) is 50.4 Å². The van der Waals surface area contributed by atoms with Gasteiger partial charge in [0.25, 0.3) is 0 Å². The van der Waals surface area contributed by atoms with Gasteiger partial charge in [-0.1, -0.05) is 42.5 Å². The van der Waals surface area contributed by atoms with Crippen molar-refractivity contribution in [3.05, 3.63) is 65.7 Å². The highest BCUT2D eigenvalue weighted by molar-refractivity contribution is 5.74. The van der Waals surface area contributed by atoms with Gasteiger partial charge in [-0.15, -0.1) is 0 Å². The Bertz CT molecular complexity index is 703. The summed E-state index contributed by atoms with van der Waals surface area (Å²) in [5.74, 6) is 0.125. The molecule has 2 aromatic carbocycles. The second kappa shape index (κ2) is 8.60. The van der Waals surface area contributed by atoms with E-state index in [1.54, 1.807) is 19.1 Å². The van der Waals surface area contributed by atoms with E-state index in [1.165, 1.54) is 12.1 Å². The molecule has 0 spiro atoms. The molecule has 0 heterocycles. The second-order valence-corrected chi connectivity index (χ2v) is 5.94. The molecule has 0 saturated carbocycles. The summed E-state index contributed by atoms with van der Waals surface area (Å²) < 4.78 is 41.1.